The van der Waals surface area contributed by atoms with Crippen LogP contribution in [0.3, 0.4) is 0 Å². The zero-order chi connectivity index (χ0) is 18.1. The number of hydrogen-bond acceptors (Lipinski definition) is 4. The van der Waals surface area contributed by atoms with Gasteiger partial charge in [0, 0.05) is 56.5 Å². The van der Waals surface area contributed by atoms with Crippen molar-refractivity contribution in [2.24, 2.45) is 11.3 Å². The van der Waals surface area contributed by atoms with Gasteiger partial charge in [-0.15, -0.1) is 0 Å². The van der Waals surface area contributed by atoms with Gasteiger partial charge < -0.3 is 9.64 Å². The second-order valence-electron chi connectivity index (χ2n) is 8.42. The molecule has 142 valence electrons. The first-order chi connectivity index (χ1) is 12.6. The van der Waals surface area contributed by atoms with Gasteiger partial charge in [0.15, 0.2) is 0 Å². The minimum absolute atomic E-state index is 0.322. The zero-order valence-electron chi connectivity index (χ0n) is 15.9. The van der Waals surface area contributed by atoms with E-state index in [0.29, 0.717) is 24.3 Å². The molecule has 0 saturated carbocycles. The standard InChI is InChI=1S/C20H30N4O2/c1-15(2)4-8-23-11-17-12-26-14-20(17,13-23)19(25)24-9-5-16(6-10-24)18-3-7-21-22-18/h3-4,7,16-17H,5-6,8-14H2,1-2H3,(H,21,22)/t17-,20-/m0/s1. The minimum Gasteiger partial charge on any atom is -0.380 e. The van der Waals surface area contributed by atoms with Crippen LogP contribution in [0.15, 0.2) is 23.9 Å². The number of carbonyl (C=O) groups excluding carboxylic acids is 1. The average molecular weight is 358 g/mol. The number of fused-ring (bicyclic) bond motifs is 1. The van der Waals surface area contributed by atoms with Crippen LogP contribution in [0, 0.1) is 11.3 Å². The molecule has 0 aliphatic carbocycles. The lowest BCUT2D eigenvalue weighted by Crippen LogP contribution is -2.51. The summed E-state index contributed by atoms with van der Waals surface area (Å²) in [5.74, 6) is 1.15. The number of hydrogen-bond donors (Lipinski definition) is 1. The highest BCUT2D eigenvalue weighted by atomic mass is 16.5. The molecule has 26 heavy (non-hydrogen) atoms. The molecule has 3 fully saturated rings. The first-order valence-corrected chi connectivity index (χ1v) is 9.80. The van der Waals surface area contributed by atoms with Crippen LogP contribution in [0.4, 0.5) is 0 Å². The highest BCUT2D eigenvalue weighted by molar-refractivity contribution is 5.84. The lowest BCUT2D eigenvalue weighted by Gasteiger charge is -2.37. The van der Waals surface area contributed by atoms with Crippen molar-refractivity contribution in [2.45, 2.75) is 32.6 Å². The summed E-state index contributed by atoms with van der Waals surface area (Å²) < 4.78 is 5.78. The molecule has 0 unspecified atom stereocenters. The third kappa shape index (κ3) is 3.21. The van der Waals surface area contributed by atoms with Crippen molar-refractivity contribution in [1.82, 2.24) is 20.0 Å². The Hall–Kier alpha value is -1.66. The van der Waals surface area contributed by atoms with Gasteiger partial charge in [0.05, 0.1) is 18.6 Å². The Bertz CT molecular complexity index is 659. The molecule has 2 atom stereocenters. The Morgan fingerprint density at radius 1 is 1.42 bits per heavy atom. The van der Waals surface area contributed by atoms with E-state index in [2.05, 4.69) is 46.0 Å². The minimum atomic E-state index is -0.323. The summed E-state index contributed by atoms with van der Waals surface area (Å²) in [6, 6.07) is 2.06. The summed E-state index contributed by atoms with van der Waals surface area (Å²) in [7, 11) is 0. The predicted octanol–water partition coefficient (Wildman–Crippen LogP) is 2.03. The first-order valence-electron chi connectivity index (χ1n) is 9.80. The van der Waals surface area contributed by atoms with E-state index in [-0.39, 0.29) is 5.41 Å². The van der Waals surface area contributed by atoms with E-state index in [0.717, 1.165) is 52.2 Å². The van der Waals surface area contributed by atoms with Crippen molar-refractivity contribution in [1.29, 1.82) is 0 Å². The molecule has 0 radical (unpaired) electrons. The Morgan fingerprint density at radius 3 is 2.92 bits per heavy atom. The maximum atomic E-state index is 13.5. The lowest BCUT2D eigenvalue weighted by molar-refractivity contribution is -0.144. The molecule has 4 rings (SSSR count). The fourth-order valence-corrected chi connectivity index (χ4v) is 4.80. The maximum absolute atomic E-state index is 13.5. The normalized spacial score (nSPS) is 29.8. The van der Waals surface area contributed by atoms with Crippen molar-refractivity contribution in [3.63, 3.8) is 0 Å². The maximum Gasteiger partial charge on any atom is 0.232 e. The average Bonchev–Trinajstić information content (AvgIpc) is 3.35. The van der Waals surface area contributed by atoms with E-state index < -0.39 is 0 Å². The fourth-order valence-electron chi connectivity index (χ4n) is 4.80. The number of ether oxygens (including phenoxy) is 1. The Morgan fingerprint density at radius 2 is 2.23 bits per heavy atom. The largest absolute Gasteiger partial charge is 0.380 e. The number of rotatable bonds is 4. The van der Waals surface area contributed by atoms with E-state index in [1.165, 1.54) is 11.3 Å². The molecule has 1 N–H and O–H groups in total. The Balaban J connectivity index is 1.41. The van der Waals surface area contributed by atoms with Crippen molar-refractivity contribution in [3.8, 4) is 0 Å². The topological polar surface area (TPSA) is 61.5 Å². The molecule has 3 saturated heterocycles. The van der Waals surface area contributed by atoms with E-state index in [1.807, 2.05) is 6.20 Å². The molecular formula is C20H30N4O2. The quantitative estimate of drug-likeness (QED) is 0.837. The van der Waals surface area contributed by atoms with Gasteiger partial charge in [-0.25, -0.2) is 0 Å². The molecule has 0 bridgehead atoms. The summed E-state index contributed by atoms with van der Waals surface area (Å²) in [6.07, 6.45) is 6.09. The van der Waals surface area contributed by atoms with Gasteiger partial charge in [0.2, 0.25) is 5.91 Å². The van der Waals surface area contributed by atoms with E-state index in [4.69, 9.17) is 4.74 Å². The molecule has 1 aromatic rings. The van der Waals surface area contributed by atoms with Gasteiger partial charge in [-0.3, -0.25) is 14.8 Å². The number of aromatic amines is 1. The molecule has 3 aliphatic rings. The SMILES string of the molecule is CC(C)=CCN1C[C@H]2COC[C@@]2(C(=O)N2CCC(c3ccn[nH]3)CC2)C1. The molecule has 1 amide bonds. The molecule has 0 spiro atoms. The van der Waals surface area contributed by atoms with Crippen molar-refractivity contribution < 1.29 is 9.53 Å². The van der Waals surface area contributed by atoms with Crippen LogP contribution in [0.1, 0.15) is 38.3 Å². The Labute approximate surface area is 155 Å². The lowest BCUT2D eigenvalue weighted by atomic mass is 9.79. The van der Waals surface area contributed by atoms with Gasteiger partial charge in [-0.2, -0.15) is 5.10 Å². The number of nitrogens with zero attached hydrogens (tertiary/aromatic N) is 3. The van der Waals surface area contributed by atoms with Gasteiger partial charge in [0.1, 0.15) is 0 Å². The highest BCUT2D eigenvalue weighted by Crippen LogP contribution is 2.43. The summed E-state index contributed by atoms with van der Waals surface area (Å²) in [4.78, 5) is 18.0. The predicted molar refractivity (Wildman–Crippen MR) is 99.8 cm³/mol. The van der Waals surface area contributed by atoms with Crippen LogP contribution in [0.2, 0.25) is 0 Å². The van der Waals surface area contributed by atoms with Crippen molar-refractivity contribution in [2.75, 3.05) is 45.9 Å². The summed E-state index contributed by atoms with van der Waals surface area (Å²) in [6.45, 7) is 9.99. The molecule has 4 heterocycles. The third-order valence-electron chi connectivity index (χ3n) is 6.37. The van der Waals surface area contributed by atoms with Gasteiger partial charge in [0.25, 0.3) is 0 Å². The van der Waals surface area contributed by atoms with Gasteiger partial charge in [-0.1, -0.05) is 11.6 Å². The van der Waals surface area contributed by atoms with E-state index >= 15 is 0 Å². The number of nitrogens with one attached hydrogen (secondary N) is 1. The first kappa shape index (κ1) is 17.7. The van der Waals surface area contributed by atoms with Gasteiger partial charge >= 0.3 is 0 Å². The molecule has 3 aliphatic heterocycles. The number of allylic oxidation sites excluding steroid dienone is 1. The number of carbonyl (C=O) groups is 1. The van der Waals surface area contributed by atoms with Crippen LogP contribution in [-0.2, 0) is 9.53 Å². The third-order valence-corrected chi connectivity index (χ3v) is 6.37. The number of aromatic nitrogens is 2. The van der Waals surface area contributed by atoms with E-state index in [1.54, 1.807) is 0 Å². The van der Waals surface area contributed by atoms with E-state index in [9.17, 15) is 4.79 Å². The van der Waals surface area contributed by atoms with Crippen LogP contribution in [0.5, 0.6) is 0 Å². The number of piperidine rings is 1. The number of amides is 1. The molecular weight excluding hydrogens is 328 g/mol. The Kier molecular flexibility index (Phi) is 4.88. The van der Waals surface area contributed by atoms with Crippen LogP contribution >= 0.6 is 0 Å². The fraction of sp³-hybridized carbons (Fsp3) is 0.700. The van der Waals surface area contributed by atoms with Crippen molar-refractivity contribution in [3.05, 3.63) is 29.6 Å². The molecule has 6 heteroatoms. The molecule has 0 aromatic carbocycles. The molecule has 1 aromatic heterocycles. The second kappa shape index (κ2) is 7.16. The van der Waals surface area contributed by atoms with Gasteiger partial charge in [-0.05, 0) is 32.8 Å². The van der Waals surface area contributed by atoms with Crippen LogP contribution < -0.4 is 0 Å². The summed E-state index contributed by atoms with van der Waals surface area (Å²) in [5, 5.41) is 7.15. The smallest absolute Gasteiger partial charge is 0.232 e. The number of H-pyrrole nitrogens is 1. The molecule has 6 nitrogen and oxygen atoms in total. The van der Waals surface area contributed by atoms with Crippen molar-refractivity contribution >= 4 is 5.91 Å². The summed E-state index contributed by atoms with van der Waals surface area (Å²) in [5.41, 5.74) is 2.21. The summed E-state index contributed by atoms with van der Waals surface area (Å²) >= 11 is 0. The van der Waals surface area contributed by atoms with Crippen LogP contribution in [0.25, 0.3) is 0 Å². The van der Waals surface area contributed by atoms with Crippen LogP contribution in [-0.4, -0.2) is 71.8 Å². The highest BCUT2D eigenvalue weighted by Gasteiger charge is 2.56. The number of likely N-dealkylation sites (tertiary alicyclic amines) is 2. The monoisotopic (exact) mass is 358 g/mol. The second-order valence-corrected chi connectivity index (χ2v) is 8.42. The zero-order valence-corrected chi connectivity index (χ0v) is 15.9.